The lowest BCUT2D eigenvalue weighted by atomic mass is 9.47. The molecule has 4 fully saturated rings. The van der Waals surface area contributed by atoms with Crippen molar-refractivity contribution in [3.63, 3.8) is 0 Å². The maximum absolute atomic E-state index is 11.6. The lowest BCUT2D eigenvalue weighted by Gasteiger charge is -2.58. The zero-order valence-corrected chi connectivity index (χ0v) is 25.7. The molecule has 1 heterocycles. The van der Waals surface area contributed by atoms with Crippen molar-refractivity contribution in [3.8, 4) is 0 Å². The summed E-state index contributed by atoms with van der Waals surface area (Å²) in [6.07, 6.45) is 12.0. The summed E-state index contributed by atoms with van der Waals surface area (Å²) in [6.45, 7) is 13.6. The van der Waals surface area contributed by atoms with Gasteiger partial charge in [-0.05, 0) is 86.0 Å². The minimum Gasteiger partial charge on any atom is -0.494 e. The third-order valence-corrected chi connectivity index (χ3v) is 12.1. The topological polar surface area (TPSA) is 64.6 Å². The Labute approximate surface area is 237 Å². The summed E-state index contributed by atoms with van der Waals surface area (Å²) in [5.74, 6) is 4.40. The van der Waals surface area contributed by atoms with Gasteiger partial charge in [0.15, 0.2) is 0 Å². The van der Waals surface area contributed by atoms with Gasteiger partial charge >= 0.3 is 5.97 Å². The van der Waals surface area contributed by atoms with Crippen molar-refractivity contribution in [1.82, 2.24) is 5.32 Å². The Hall–Kier alpha value is -1.05. The van der Waals surface area contributed by atoms with Gasteiger partial charge in [-0.15, -0.1) is 0 Å². The van der Waals surface area contributed by atoms with E-state index < -0.39 is 0 Å². The van der Waals surface area contributed by atoms with Crippen LogP contribution < -0.4 is 5.32 Å². The highest BCUT2D eigenvalue weighted by Crippen LogP contribution is 2.69. The normalized spacial score (nSPS) is 44.3. The molecule has 0 unspecified atom stereocenters. The molecular formula is C31H46INO4. The summed E-state index contributed by atoms with van der Waals surface area (Å²) in [5, 5.41) is 2.96. The van der Waals surface area contributed by atoms with Gasteiger partial charge in [-0.2, -0.15) is 0 Å². The van der Waals surface area contributed by atoms with Crippen molar-refractivity contribution in [2.75, 3.05) is 6.54 Å². The smallest absolute Gasteiger partial charge is 0.302 e. The van der Waals surface area contributed by atoms with Crippen molar-refractivity contribution >= 4 is 34.5 Å². The van der Waals surface area contributed by atoms with Gasteiger partial charge in [0.2, 0.25) is 5.91 Å². The first-order chi connectivity index (χ1) is 17.4. The standard InChI is InChI=1S/C31H46INO4/c1-17(13-22(32)16-33-19(3)34)29-18(2)28-27(37-29)15-26-24-8-7-21-14-23(36-20(4)35)9-11-30(21,5)25(24)10-12-31(26,28)6/h7,18,22-28H,8-16H2,1-6H3,(H,33,34)/b29-17-/t18-,22-,23-,24-,25-,26-,27-,28+,30+,31+/m1/s1. The van der Waals surface area contributed by atoms with Gasteiger partial charge in [-0.1, -0.05) is 55.0 Å². The van der Waals surface area contributed by atoms with E-state index in [9.17, 15) is 9.59 Å². The third-order valence-electron chi connectivity index (χ3n) is 11.2. The summed E-state index contributed by atoms with van der Waals surface area (Å²) in [6, 6.07) is 0. The van der Waals surface area contributed by atoms with E-state index in [1.807, 2.05) is 0 Å². The Morgan fingerprint density at radius 2 is 1.95 bits per heavy atom. The molecule has 3 saturated carbocycles. The second-order valence-corrected chi connectivity index (χ2v) is 15.1. The van der Waals surface area contributed by atoms with Crippen LogP contribution in [0, 0.1) is 40.4 Å². The van der Waals surface area contributed by atoms with Gasteiger partial charge < -0.3 is 14.8 Å². The zero-order chi connectivity index (χ0) is 26.7. The summed E-state index contributed by atoms with van der Waals surface area (Å²) in [4.78, 5) is 22.9. The fourth-order valence-corrected chi connectivity index (χ4v) is 10.6. The Balaban J connectivity index is 1.31. The number of esters is 1. The largest absolute Gasteiger partial charge is 0.494 e. The number of carbonyl (C=O) groups excluding carboxylic acids is 2. The van der Waals surface area contributed by atoms with Crippen LogP contribution in [-0.4, -0.2) is 34.6 Å². The van der Waals surface area contributed by atoms with Crippen molar-refractivity contribution < 1.29 is 19.1 Å². The Kier molecular flexibility index (Phi) is 7.56. The Morgan fingerprint density at radius 1 is 1.19 bits per heavy atom. The lowest BCUT2D eigenvalue weighted by molar-refractivity contribution is -0.148. The number of carbonyl (C=O) groups is 2. The summed E-state index contributed by atoms with van der Waals surface area (Å²) < 4.78 is 12.8. The number of hydrogen-bond donors (Lipinski definition) is 1. The number of fused-ring (bicyclic) bond motifs is 7. The Morgan fingerprint density at radius 3 is 2.65 bits per heavy atom. The van der Waals surface area contributed by atoms with E-state index in [2.05, 4.69) is 61.7 Å². The highest BCUT2D eigenvalue weighted by Gasteiger charge is 2.65. The van der Waals surface area contributed by atoms with Crippen molar-refractivity contribution in [2.24, 2.45) is 40.4 Å². The van der Waals surface area contributed by atoms with Gasteiger partial charge in [-0.3, -0.25) is 9.59 Å². The van der Waals surface area contributed by atoms with Crippen LogP contribution in [0.25, 0.3) is 0 Å². The fraction of sp³-hybridized carbons (Fsp3) is 0.806. The number of ether oxygens (including phenoxy) is 2. The monoisotopic (exact) mass is 623 g/mol. The second-order valence-electron chi connectivity index (χ2n) is 13.4. The van der Waals surface area contributed by atoms with Crippen molar-refractivity contribution in [3.05, 3.63) is 23.0 Å². The summed E-state index contributed by atoms with van der Waals surface area (Å²) in [5.41, 5.74) is 3.52. The predicted molar refractivity (Wildman–Crippen MR) is 154 cm³/mol. The minimum atomic E-state index is -0.145. The molecule has 5 rings (SSSR count). The average molecular weight is 624 g/mol. The first-order valence-electron chi connectivity index (χ1n) is 14.6. The van der Waals surface area contributed by atoms with Crippen LogP contribution in [0.5, 0.6) is 0 Å². The molecule has 6 heteroatoms. The predicted octanol–water partition coefficient (Wildman–Crippen LogP) is 6.75. The van der Waals surface area contributed by atoms with Crippen LogP contribution in [0.4, 0.5) is 0 Å². The molecule has 5 nitrogen and oxygen atoms in total. The minimum absolute atomic E-state index is 0.0394. The molecule has 0 aromatic heterocycles. The zero-order valence-electron chi connectivity index (χ0n) is 23.6. The van der Waals surface area contributed by atoms with Crippen LogP contribution in [0.2, 0.25) is 0 Å². The van der Waals surface area contributed by atoms with E-state index in [0.29, 0.717) is 33.8 Å². The van der Waals surface area contributed by atoms with E-state index >= 15 is 0 Å². The number of hydrogen-bond acceptors (Lipinski definition) is 4. The van der Waals surface area contributed by atoms with Gasteiger partial charge in [0.1, 0.15) is 12.2 Å². The van der Waals surface area contributed by atoms with Crippen LogP contribution in [0.1, 0.15) is 92.9 Å². The van der Waals surface area contributed by atoms with E-state index in [4.69, 9.17) is 9.47 Å². The third kappa shape index (κ3) is 4.80. The first-order valence-corrected chi connectivity index (χ1v) is 15.8. The van der Waals surface area contributed by atoms with Gasteiger partial charge in [-0.25, -0.2) is 0 Å². The molecule has 0 bridgehead atoms. The number of halogens is 1. The van der Waals surface area contributed by atoms with E-state index in [1.54, 1.807) is 12.5 Å². The van der Waals surface area contributed by atoms with Crippen LogP contribution in [0.15, 0.2) is 23.0 Å². The van der Waals surface area contributed by atoms with E-state index in [-0.39, 0.29) is 23.4 Å². The van der Waals surface area contributed by atoms with Crippen LogP contribution in [0.3, 0.4) is 0 Å². The number of allylic oxidation sites excluding steroid dienone is 3. The number of alkyl halides is 1. The Bertz CT molecular complexity index is 1010. The quantitative estimate of drug-likeness (QED) is 0.159. The second kappa shape index (κ2) is 10.2. The number of rotatable bonds is 5. The average Bonchev–Trinajstić information content (AvgIpc) is 3.31. The molecule has 0 spiro atoms. The number of amides is 1. The maximum atomic E-state index is 11.6. The molecule has 0 aromatic carbocycles. The van der Waals surface area contributed by atoms with Crippen LogP contribution in [-0.2, 0) is 19.1 Å². The molecule has 5 aliphatic rings. The lowest BCUT2D eigenvalue weighted by Crippen LogP contribution is -2.51. The molecule has 0 aromatic rings. The molecule has 1 aliphatic heterocycles. The van der Waals surface area contributed by atoms with Crippen molar-refractivity contribution in [2.45, 2.75) is 109 Å². The SMILES string of the molecule is CC(=O)NC[C@H](I)C/C(C)=C1\O[C@@H]2C[C@@H]3[C@@H]4CC=C5C[C@H](OC(C)=O)CC[C@]5(C)[C@@H]4CC[C@]3(C)[C@H]2[C@H]1C. The molecule has 1 saturated heterocycles. The molecule has 206 valence electrons. The van der Waals surface area contributed by atoms with Crippen molar-refractivity contribution in [1.29, 1.82) is 0 Å². The molecule has 1 amide bonds. The molecule has 37 heavy (non-hydrogen) atoms. The maximum Gasteiger partial charge on any atom is 0.302 e. The van der Waals surface area contributed by atoms with Gasteiger partial charge in [0.25, 0.3) is 0 Å². The summed E-state index contributed by atoms with van der Waals surface area (Å²) >= 11 is 2.46. The molecule has 1 N–H and O–H groups in total. The molecule has 10 atom stereocenters. The first kappa shape index (κ1) is 27.5. The van der Waals surface area contributed by atoms with E-state index in [1.165, 1.54) is 43.9 Å². The molecule has 4 aliphatic carbocycles. The van der Waals surface area contributed by atoms with Gasteiger partial charge in [0, 0.05) is 42.6 Å². The summed E-state index contributed by atoms with van der Waals surface area (Å²) in [7, 11) is 0. The fourth-order valence-electron chi connectivity index (χ4n) is 9.69. The highest BCUT2D eigenvalue weighted by molar-refractivity contribution is 14.1. The van der Waals surface area contributed by atoms with Crippen LogP contribution >= 0.6 is 22.6 Å². The number of nitrogens with one attached hydrogen (secondary N) is 1. The highest BCUT2D eigenvalue weighted by atomic mass is 127. The molecular weight excluding hydrogens is 577 g/mol. The van der Waals surface area contributed by atoms with E-state index in [0.717, 1.165) is 43.4 Å². The molecule has 0 radical (unpaired) electrons. The van der Waals surface area contributed by atoms with Gasteiger partial charge in [0.05, 0.1) is 5.76 Å².